The van der Waals surface area contributed by atoms with Gasteiger partial charge in [0, 0.05) is 12.7 Å². The zero-order chi connectivity index (χ0) is 18.9. The highest BCUT2D eigenvalue weighted by Gasteiger charge is 2.20. The number of aromatic nitrogens is 1. The Hall–Kier alpha value is -3.15. The molecular weight excluding hydrogens is 342 g/mol. The molecule has 140 valence electrons. The highest BCUT2D eigenvalue weighted by Crippen LogP contribution is 2.19. The minimum Gasteiger partial charge on any atom is -0.494 e. The Balaban J connectivity index is 1.33. The molecule has 0 aliphatic rings. The predicted molar refractivity (Wildman–Crippen MR) is 108 cm³/mol. The molecule has 6 heteroatoms. The van der Waals surface area contributed by atoms with Crippen LogP contribution in [0.2, 0.25) is 0 Å². The van der Waals surface area contributed by atoms with Gasteiger partial charge < -0.3 is 15.4 Å². The standard InChI is InChI=1S/C21H23N3O3/c25-20-18(19(21(20)26)24-16-9-8-12-22-15-16)23-13-6-1-2-7-14-27-17-10-4-3-5-11-17/h3-5,8-12,15,23-24H,1-2,6-7,13-14H2. The number of anilines is 3. The SMILES string of the molecule is O=c1c(NCCCCCCOc2ccccc2)c(Nc2cccnc2)c1=O. The molecule has 6 nitrogen and oxygen atoms in total. The fraction of sp³-hybridized carbons (Fsp3) is 0.286. The van der Waals surface area contributed by atoms with E-state index < -0.39 is 10.9 Å². The lowest BCUT2D eigenvalue weighted by Gasteiger charge is -2.14. The Morgan fingerprint density at radius 2 is 1.63 bits per heavy atom. The number of rotatable bonds is 11. The Labute approximate surface area is 157 Å². The maximum atomic E-state index is 11.8. The molecule has 0 bridgehead atoms. The van der Waals surface area contributed by atoms with Gasteiger partial charge in [-0.3, -0.25) is 14.6 Å². The number of hydrogen-bond acceptors (Lipinski definition) is 6. The van der Waals surface area contributed by atoms with Crippen molar-refractivity contribution in [2.24, 2.45) is 0 Å². The van der Waals surface area contributed by atoms with Crippen LogP contribution in [0.5, 0.6) is 5.75 Å². The molecule has 0 saturated carbocycles. The van der Waals surface area contributed by atoms with Gasteiger partial charge in [-0.05, 0) is 37.1 Å². The molecule has 0 radical (unpaired) electrons. The summed E-state index contributed by atoms with van der Waals surface area (Å²) in [7, 11) is 0. The van der Waals surface area contributed by atoms with Gasteiger partial charge >= 0.3 is 0 Å². The third-order valence-corrected chi connectivity index (χ3v) is 4.23. The first-order chi connectivity index (χ1) is 13.3. The van der Waals surface area contributed by atoms with Crippen LogP contribution in [0.4, 0.5) is 17.1 Å². The Bertz CT molecular complexity index is 904. The average Bonchev–Trinajstić information content (AvgIpc) is 2.72. The molecule has 0 aliphatic heterocycles. The van der Waals surface area contributed by atoms with E-state index in [4.69, 9.17) is 4.74 Å². The van der Waals surface area contributed by atoms with Crippen molar-refractivity contribution in [3.8, 4) is 5.75 Å². The van der Waals surface area contributed by atoms with Crippen molar-refractivity contribution in [2.45, 2.75) is 25.7 Å². The Kier molecular flexibility index (Phi) is 6.57. The molecule has 2 aromatic carbocycles. The van der Waals surface area contributed by atoms with E-state index in [1.807, 2.05) is 30.3 Å². The zero-order valence-electron chi connectivity index (χ0n) is 15.1. The fourth-order valence-corrected chi connectivity index (χ4v) is 2.76. The highest BCUT2D eigenvalue weighted by molar-refractivity contribution is 5.78. The van der Waals surface area contributed by atoms with Gasteiger partial charge in [0.2, 0.25) is 0 Å². The maximum absolute atomic E-state index is 11.8. The van der Waals surface area contributed by atoms with Crippen molar-refractivity contribution >= 4 is 17.1 Å². The smallest absolute Gasteiger partial charge is 0.253 e. The Morgan fingerprint density at radius 3 is 2.41 bits per heavy atom. The van der Waals surface area contributed by atoms with Crippen LogP contribution in [0.15, 0.2) is 64.4 Å². The second-order valence-electron chi connectivity index (χ2n) is 6.28. The quantitative estimate of drug-likeness (QED) is 0.400. The summed E-state index contributed by atoms with van der Waals surface area (Å²) < 4.78 is 5.66. The number of benzene rings is 1. The minimum atomic E-state index is -0.487. The first-order valence-corrected chi connectivity index (χ1v) is 9.18. The second-order valence-corrected chi connectivity index (χ2v) is 6.28. The van der Waals surface area contributed by atoms with E-state index in [-0.39, 0.29) is 0 Å². The van der Waals surface area contributed by atoms with E-state index in [0.29, 0.717) is 30.2 Å². The predicted octanol–water partition coefficient (Wildman–Crippen LogP) is 3.47. The molecular formula is C21H23N3O3. The second kappa shape index (κ2) is 9.52. The number of ether oxygens (including phenoxy) is 1. The Morgan fingerprint density at radius 1 is 0.852 bits per heavy atom. The topological polar surface area (TPSA) is 80.3 Å². The first-order valence-electron chi connectivity index (χ1n) is 9.18. The molecule has 3 rings (SSSR count). The van der Waals surface area contributed by atoms with Crippen LogP contribution in [0.1, 0.15) is 25.7 Å². The van der Waals surface area contributed by atoms with Crippen LogP contribution in [0.25, 0.3) is 0 Å². The molecule has 1 aromatic heterocycles. The summed E-state index contributed by atoms with van der Waals surface area (Å²) in [6.07, 6.45) is 7.27. The number of para-hydroxylation sites is 1. The molecule has 0 amide bonds. The third-order valence-electron chi connectivity index (χ3n) is 4.23. The maximum Gasteiger partial charge on any atom is 0.253 e. The molecule has 27 heavy (non-hydrogen) atoms. The summed E-state index contributed by atoms with van der Waals surface area (Å²) in [5.74, 6) is 0.896. The molecule has 2 N–H and O–H groups in total. The van der Waals surface area contributed by atoms with Crippen molar-refractivity contribution in [1.29, 1.82) is 0 Å². The molecule has 0 fully saturated rings. The lowest BCUT2D eigenvalue weighted by molar-refractivity contribution is 0.305. The van der Waals surface area contributed by atoms with Gasteiger partial charge in [0.15, 0.2) is 0 Å². The third kappa shape index (κ3) is 5.17. The molecule has 0 unspecified atom stereocenters. The summed E-state index contributed by atoms with van der Waals surface area (Å²) in [5.41, 5.74) is 0.434. The summed E-state index contributed by atoms with van der Waals surface area (Å²) >= 11 is 0. The van der Waals surface area contributed by atoms with E-state index in [0.717, 1.165) is 31.4 Å². The van der Waals surface area contributed by atoms with E-state index in [1.54, 1.807) is 24.5 Å². The van der Waals surface area contributed by atoms with Gasteiger partial charge in [0.25, 0.3) is 10.9 Å². The van der Waals surface area contributed by atoms with E-state index in [1.165, 1.54) is 0 Å². The van der Waals surface area contributed by atoms with E-state index in [2.05, 4.69) is 15.6 Å². The monoisotopic (exact) mass is 365 g/mol. The molecule has 0 atom stereocenters. The molecule has 0 saturated heterocycles. The van der Waals surface area contributed by atoms with Crippen LogP contribution in [-0.4, -0.2) is 18.1 Å². The lowest BCUT2D eigenvalue weighted by Crippen LogP contribution is -2.36. The highest BCUT2D eigenvalue weighted by atomic mass is 16.5. The van der Waals surface area contributed by atoms with Crippen molar-refractivity contribution < 1.29 is 4.74 Å². The summed E-state index contributed by atoms with van der Waals surface area (Å²) in [6, 6.07) is 13.3. The van der Waals surface area contributed by atoms with Gasteiger partial charge in [0.05, 0.1) is 18.5 Å². The lowest BCUT2D eigenvalue weighted by atomic mass is 10.1. The van der Waals surface area contributed by atoms with Gasteiger partial charge in [-0.2, -0.15) is 0 Å². The number of pyridine rings is 1. The van der Waals surface area contributed by atoms with Gasteiger partial charge in [-0.15, -0.1) is 0 Å². The van der Waals surface area contributed by atoms with Gasteiger partial charge in [-0.25, -0.2) is 0 Å². The molecule has 0 aliphatic carbocycles. The summed E-state index contributed by atoms with van der Waals surface area (Å²) in [6.45, 7) is 1.36. The fourth-order valence-electron chi connectivity index (χ4n) is 2.76. The molecule has 3 aromatic rings. The average molecular weight is 365 g/mol. The zero-order valence-corrected chi connectivity index (χ0v) is 15.1. The molecule has 0 spiro atoms. The van der Waals surface area contributed by atoms with Crippen LogP contribution < -0.4 is 26.2 Å². The van der Waals surface area contributed by atoms with Crippen molar-refractivity contribution in [3.05, 3.63) is 75.3 Å². The van der Waals surface area contributed by atoms with E-state index in [9.17, 15) is 9.59 Å². The van der Waals surface area contributed by atoms with Crippen LogP contribution >= 0.6 is 0 Å². The molecule has 1 heterocycles. The van der Waals surface area contributed by atoms with Crippen LogP contribution in [-0.2, 0) is 0 Å². The normalized spacial score (nSPS) is 10.7. The number of unbranched alkanes of at least 4 members (excludes halogenated alkanes) is 3. The summed E-state index contributed by atoms with van der Waals surface area (Å²) in [4.78, 5) is 27.5. The number of nitrogens with zero attached hydrogens (tertiary/aromatic N) is 1. The number of hydrogen-bond donors (Lipinski definition) is 2. The van der Waals surface area contributed by atoms with Crippen LogP contribution in [0.3, 0.4) is 0 Å². The van der Waals surface area contributed by atoms with Crippen LogP contribution in [0, 0.1) is 0 Å². The van der Waals surface area contributed by atoms with E-state index >= 15 is 0 Å². The van der Waals surface area contributed by atoms with Gasteiger partial charge in [0.1, 0.15) is 17.1 Å². The first kappa shape index (κ1) is 18.6. The van der Waals surface area contributed by atoms with Crippen molar-refractivity contribution in [3.63, 3.8) is 0 Å². The van der Waals surface area contributed by atoms with Gasteiger partial charge in [-0.1, -0.05) is 31.0 Å². The van der Waals surface area contributed by atoms with Crippen molar-refractivity contribution in [2.75, 3.05) is 23.8 Å². The summed E-state index contributed by atoms with van der Waals surface area (Å²) in [5, 5.41) is 6.04. The largest absolute Gasteiger partial charge is 0.494 e. The van der Waals surface area contributed by atoms with Crippen molar-refractivity contribution in [1.82, 2.24) is 4.98 Å². The minimum absolute atomic E-state index is 0.323. The number of nitrogens with one attached hydrogen (secondary N) is 2.